The van der Waals surface area contributed by atoms with Crippen molar-refractivity contribution in [1.82, 2.24) is 0 Å². The molecule has 0 heterocycles. The molecule has 0 atom stereocenters. The average Bonchev–Trinajstić information content (AvgIpc) is 2.37. The zero-order valence-corrected chi connectivity index (χ0v) is 13.8. The minimum absolute atomic E-state index is 0.132. The van der Waals surface area contributed by atoms with Crippen LogP contribution < -0.4 is 0 Å². The van der Waals surface area contributed by atoms with Gasteiger partial charge in [-0.15, -0.1) is 0 Å². The molecule has 112 valence electrons. The topological polar surface area (TPSA) is 20.2 Å². The standard InChI is InChI=1S/C19H30O/c1-15(8-6-9-16(2)14-20)11-12-18-17(3)10-7-13-19(18,4)5/h6,8-9,11,20H,7,10,12-14H2,1-5H3/b8-6+,15-11+,16-9+. The predicted molar refractivity (Wildman–Crippen MR) is 88.7 cm³/mol. The first-order valence-electron chi connectivity index (χ1n) is 7.67. The lowest BCUT2D eigenvalue weighted by molar-refractivity contribution is 0.331. The zero-order valence-electron chi connectivity index (χ0n) is 13.8. The Bertz CT molecular complexity index is 444. The summed E-state index contributed by atoms with van der Waals surface area (Å²) >= 11 is 0. The molecule has 0 bridgehead atoms. The van der Waals surface area contributed by atoms with E-state index in [1.807, 2.05) is 19.1 Å². The Morgan fingerprint density at radius 2 is 2.00 bits per heavy atom. The van der Waals surface area contributed by atoms with Crippen LogP contribution in [0.2, 0.25) is 0 Å². The van der Waals surface area contributed by atoms with Gasteiger partial charge in [-0.2, -0.15) is 0 Å². The Morgan fingerprint density at radius 3 is 2.60 bits per heavy atom. The molecule has 0 saturated carbocycles. The second-order valence-corrected chi connectivity index (χ2v) is 6.68. The molecule has 1 aliphatic rings. The van der Waals surface area contributed by atoms with Gasteiger partial charge >= 0.3 is 0 Å². The van der Waals surface area contributed by atoms with E-state index in [1.54, 1.807) is 11.1 Å². The van der Waals surface area contributed by atoms with E-state index in [1.165, 1.54) is 24.8 Å². The van der Waals surface area contributed by atoms with Crippen molar-refractivity contribution < 1.29 is 5.11 Å². The van der Waals surface area contributed by atoms with Crippen LogP contribution in [0, 0.1) is 5.41 Å². The zero-order chi connectivity index (χ0) is 15.2. The van der Waals surface area contributed by atoms with Crippen molar-refractivity contribution in [2.45, 2.75) is 60.3 Å². The third-order valence-corrected chi connectivity index (χ3v) is 4.30. The highest BCUT2D eigenvalue weighted by Crippen LogP contribution is 2.41. The number of hydrogen-bond donors (Lipinski definition) is 1. The molecule has 1 rings (SSSR count). The van der Waals surface area contributed by atoms with E-state index in [0.717, 1.165) is 12.0 Å². The molecule has 0 aliphatic heterocycles. The van der Waals surface area contributed by atoms with Gasteiger partial charge in [0, 0.05) is 0 Å². The van der Waals surface area contributed by atoms with Crippen LogP contribution in [0.4, 0.5) is 0 Å². The molecule has 0 aromatic rings. The highest BCUT2D eigenvalue weighted by molar-refractivity contribution is 5.28. The van der Waals surface area contributed by atoms with Gasteiger partial charge < -0.3 is 5.11 Å². The second-order valence-electron chi connectivity index (χ2n) is 6.68. The van der Waals surface area contributed by atoms with E-state index in [0.29, 0.717) is 5.41 Å². The highest BCUT2D eigenvalue weighted by Gasteiger charge is 2.27. The second kappa shape index (κ2) is 7.64. The minimum Gasteiger partial charge on any atom is -0.392 e. The fourth-order valence-corrected chi connectivity index (χ4v) is 2.87. The molecule has 1 heteroatoms. The number of aliphatic hydroxyl groups excluding tert-OH is 1. The monoisotopic (exact) mass is 274 g/mol. The maximum absolute atomic E-state index is 8.94. The number of aliphatic hydroxyl groups is 1. The first-order valence-corrected chi connectivity index (χ1v) is 7.67. The van der Waals surface area contributed by atoms with E-state index in [4.69, 9.17) is 5.11 Å². The molecule has 0 radical (unpaired) electrons. The van der Waals surface area contributed by atoms with E-state index in [-0.39, 0.29) is 6.61 Å². The van der Waals surface area contributed by atoms with Crippen LogP contribution >= 0.6 is 0 Å². The van der Waals surface area contributed by atoms with Crippen LogP contribution in [0.3, 0.4) is 0 Å². The van der Waals surface area contributed by atoms with Crippen LogP contribution in [0.25, 0.3) is 0 Å². The summed E-state index contributed by atoms with van der Waals surface area (Å²) in [4.78, 5) is 0. The maximum Gasteiger partial charge on any atom is 0.0642 e. The minimum atomic E-state index is 0.132. The number of hydrogen-bond acceptors (Lipinski definition) is 1. The van der Waals surface area contributed by atoms with Crippen molar-refractivity contribution in [3.05, 3.63) is 46.6 Å². The van der Waals surface area contributed by atoms with Crippen LogP contribution in [0.5, 0.6) is 0 Å². The normalized spacial score (nSPS) is 20.9. The first kappa shape index (κ1) is 17.0. The Kier molecular flexibility index (Phi) is 6.48. The first-order chi connectivity index (χ1) is 9.36. The summed E-state index contributed by atoms with van der Waals surface area (Å²) in [6.45, 7) is 11.2. The van der Waals surface area contributed by atoms with Crippen molar-refractivity contribution in [2.24, 2.45) is 5.41 Å². The van der Waals surface area contributed by atoms with Gasteiger partial charge in [0.05, 0.1) is 6.61 Å². The summed E-state index contributed by atoms with van der Waals surface area (Å²) in [6, 6.07) is 0. The maximum atomic E-state index is 8.94. The predicted octanol–water partition coefficient (Wildman–Crippen LogP) is 5.34. The van der Waals surface area contributed by atoms with Gasteiger partial charge in [-0.25, -0.2) is 0 Å². The Balaban J connectivity index is 2.71. The Hall–Kier alpha value is -1.08. The Labute approximate surface area is 124 Å². The third kappa shape index (κ3) is 5.13. The molecule has 1 aliphatic carbocycles. The van der Waals surface area contributed by atoms with Gasteiger partial charge in [-0.05, 0) is 57.4 Å². The summed E-state index contributed by atoms with van der Waals surface area (Å²) in [5.41, 5.74) is 5.84. The number of rotatable bonds is 5. The molecule has 0 fully saturated rings. The lowest BCUT2D eigenvalue weighted by Gasteiger charge is -2.34. The lowest BCUT2D eigenvalue weighted by atomic mass is 9.71. The van der Waals surface area contributed by atoms with Crippen LogP contribution in [-0.2, 0) is 0 Å². The van der Waals surface area contributed by atoms with Crippen molar-refractivity contribution in [3.63, 3.8) is 0 Å². The molecule has 0 aromatic carbocycles. The van der Waals surface area contributed by atoms with Crippen molar-refractivity contribution in [2.75, 3.05) is 6.61 Å². The van der Waals surface area contributed by atoms with E-state index < -0.39 is 0 Å². The van der Waals surface area contributed by atoms with E-state index >= 15 is 0 Å². The third-order valence-electron chi connectivity index (χ3n) is 4.30. The molecule has 0 saturated heterocycles. The summed E-state index contributed by atoms with van der Waals surface area (Å²) < 4.78 is 0. The lowest BCUT2D eigenvalue weighted by Crippen LogP contribution is -2.20. The molecular weight excluding hydrogens is 244 g/mol. The summed E-state index contributed by atoms with van der Waals surface area (Å²) in [7, 11) is 0. The van der Waals surface area contributed by atoms with E-state index in [9.17, 15) is 0 Å². The van der Waals surface area contributed by atoms with Gasteiger partial charge in [0.1, 0.15) is 0 Å². The average molecular weight is 274 g/mol. The summed E-state index contributed by atoms with van der Waals surface area (Å²) in [5.74, 6) is 0. The molecule has 1 N–H and O–H groups in total. The molecule has 0 unspecified atom stereocenters. The van der Waals surface area contributed by atoms with E-state index in [2.05, 4.69) is 39.8 Å². The molecule has 0 aromatic heterocycles. The van der Waals surface area contributed by atoms with Gasteiger partial charge in [-0.3, -0.25) is 0 Å². The molecule has 1 nitrogen and oxygen atoms in total. The van der Waals surface area contributed by atoms with Crippen molar-refractivity contribution >= 4 is 0 Å². The number of allylic oxidation sites excluding steroid dienone is 7. The summed E-state index contributed by atoms with van der Waals surface area (Å²) in [5, 5.41) is 8.94. The largest absolute Gasteiger partial charge is 0.392 e. The van der Waals surface area contributed by atoms with Crippen LogP contribution in [0.15, 0.2) is 46.6 Å². The Morgan fingerprint density at radius 1 is 1.30 bits per heavy atom. The summed E-state index contributed by atoms with van der Waals surface area (Å²) in [6.07, 6.45) is 13.4. The van der Waals surface area contributed by atoms with Gasteiger partial charge in [-0.1, -0.05) is 54.9 Å². The fraction of sp³-hybridized carbons (Fsp3) is 0.579. The molecular formula is C19H30O. The molecule has 20 heavy (non-hydrogen) atoms. The molecule has 0 spiro atoms. The highest BCUT2D eigenvalue weighted by atomic mass is 16.3. The van der Waals surface area contributed by atoms with Crippen LogP contribution in [0.1, 0.15) is 60.3 Å². The van der Waals surface area contributed by atoms with Crippen molar-refractivity contribution in [3.8, 4) is 0 Å². The quantitative estimate of drug-likeness (QED) is 0.529. The van der Waals surface area contributed by atoms with Crippen molar-refractivity contribution in [1.29, 1.82) is 0 Å². The fourth-order valence-electron chi connectivity index (χ4n) is 2.87. The van der Waals surface area contributed by atoms with Gasteiger partial charge in [0.15, 0.2) is 0 Å². The van der Waals surface area contributed by atoms with Crippen LogP contribution in [-0.4, -0.2) is 11.7 Å². The van der Waals surface area contributed by atoms with Gasteiger partial charge in [0.25, 0.3) is 0 Å². The SMILES string of the molecule is CC1=C(C/C=C(C)/C=C/C=C(\C)CO)C(C)(C)CCC1. The van der Waals surface area contributed by atoms with Gasteiger partial charge in [0.2, 0.25) is 0 Å². The molecule has 0 amide bonds. The smallest absolute Gasteiger partial charge is 0.0642 e.